The first kappa shape index (κ1) is 12.8. The van der Waals surface area contributed by atoms with E-state index in [1.165, 1.54) is 12.8 Å². The van der Waals surface area contributed by atoms with Crippen LogP contribution in [0, 0.1) is 5.41 Å². The first-order valence-electron chi connectivity index (χ1n) is 6.76. The van der Waals surface area contributed by atoms with E-state index in [2.05, 4.69) is 0 Å². The molecule has 1 aliphatic heterocycles. The quantitative estimate of drug-likeness (QED) is 0.769. The molecule has 3 nitrogen and oxygen atoms in total. The van der Waals surface area contributed by atoms with Crippen LogP contribution in [-0.2, 0) is 4.79 Å². The van der Waals surface area contributed by atoms with Gasteiger partial charge in [0.25, 0.3) is 0 Å². The second-order valence-corrected chi connectivity index (χ2v) is 5.80. The minimum Gasteiger partial charge on any atom is -0.392 e. The number of carbonyl (C=O) groups is 1. The van der Waals surface area contributed by atoms with Crippen molar-refractivity contribution in [1.29, 1.82) is 0 Å². The standard InChI is InChI=1S/C13H22N2OS/c14-11(17)13(7-3-1-4-8-13)12(16)15-9-5-2-6-10-15/h1-10H2,(H2,14,17). The smallest absolute Gasteiger partial charge is 0.235 e. The first-order chi connectivity index (χ1) is 8.17. The molecule has 2 aliphatic rings. The Balaban J connectivity index is 2.14. The number of nitrogens with zero attached hydrogens (tertiary/aromatic N) is 1. The monoisotopic (exact) mass is 254 g/mol. The highest BCUT2D eigenvalue weighted by molar-refractivity contribution is 7.80. The van der Waals surface area contributed by atoms with Gasteiger partial charge in [-0.25, -0.2) is 0 Å². The largest absolute Gasteiger partial charge is 0.392 e. The van der Waals surface area contributed by atoms with Crippen LogP contribution in [0.15, 0.2) is 0 Å². The maximum atomic E-state index is 12.7. The molecule has 0 aromatic heterocycles. The summed E-state index contributed by atoms with van der Waals surface area (Å²) < 4.78 is 0. The fourth-order valence-electron chi connectivity index (χ4n) is 3.12. The Morgan fingerprint density at radius 2 is 1.53 bits per heavy atom. The summed E-state index contributed by atoms with van der Waals surface area (Å²) in [6, 6.07) is 0. The molecule has 2 rings (SSSR count). The third-order valence-corrected chi connectivity index (χ3v) is 4.62. The maximum Gasteiger partial charge on any atom is 0.235 e. The zero-order valence-corrected chi connectivity index (χ0v) is 11.2. The molecule has 0 atom stereocenters. The van der Waals surface area contributed by atoms with E-state index in [4.69, 9.17) is 18.0 Å². The van der Waals surface area contributed by atoms with E-state index in [1.807, 2.05) is 4.90 Å². The van der Waals surface area contributed by atoms with Crippen LogP contribution in [0.1, 0.15) is 51.4 Å². The molecular formula is C13H22N2OS. The predicted octanol–water partition coefficient (Wildman–Crippen LogP) is 2.24. The third kappa shape index (κ3) is 2.46. The van der Waals surface area contributed by atoms with Gasteiger partial charge in [0.15, 0.2) is 0 Å². The van der Waals surface area contributed by atoms with Crippen LogP contribution < -0.4 is 5.73 Å². The van der Waals surface area contributed by atoms with Crippen molar-refractivity contribution in [3.05, 3.63) is 0 Å². The maximum absolute atomic E-state index is 12.7. The molecule has 1 saturated heterocycles. The highest BCUT2D eigenvalue weighted by Gasteiger charge is 2.44. The van der Waals surface area contributed by atoms with Crippen molar-refractivity contribution in [2.75, 3.05) is 13.1 Å². The molecule has 1 saturated carbocycles. The second kappa shape index (κ2) is 5.34. The van der Waals surface area contributed by atoms with Crippen LogP contribution in [0.4, 0.5) is 0 Å². The van der Waals surface area contributed by atoms with Crippen LogP contribution in [0.2, 0.25) is 0 Å². The molecule has 1 heterocycles. The molecule has 0 unspecified atom stereocenters. The average molecular weight is 254 g/mol. The molecule has 17 heavy (non-hydrogen) atoms. The number of nitrogens with two attached hydrogens (primary N) is 1. The van der Waals surface area contributed by atoms with Crippen LogP contribution in [0.3, 0.4) is 0 Å². The number of rotatable bonds is 2. The average Bonchev–Trinajstić information content (AvgIpc) is 2.39. The summed E-state index contributed by atoms with van der Waals surface area (Å²) in [5.74, 6) is 0.212. The van der Waals surface area contributed by atoms with Crippen LogP contribution in [-0.4, -0.2) is 28.9 Å². The van der Waals surface area contributed by atoms with Gasteiger partial charge in [-0.1, -0.05) is 31.5 Å². The Morgan fingerprint density at radius 3 is 2.06 bits per heavy atom. The van der Waals surface area contributed by atoms with Gasteiger partial charge in [-0.15, -0.1) is 0 Å². The molecule has 1 amide bonds. The van der Waals surface area contributed by atoms with E-state index < -0.39 is 5.41 Å². The molecule has 4 heteroatoms. The number of hydrogen-bond acceptors (Lipinski definition) is 2. The molecule has 0 aromatic carbocycles. The molecule has 0 aromatic rings. The molecular weight excluding hydrogens is 232 g/mol. The van der Waals surface area contributed by atoms with Gasteiger partial charge in [-0.3, -0.25) is 4.79 Å². The highest BCUT2D eigenvalue weighted by atomic mass is 32.1. The van der Waals surface area contributed by atoms with Crippen molar-refractivity contribution in [2.45, 2.75) is 51.4 Å². The number of amides is 1. The van der Waals surface area contributed by atoms with Crippen molar-refractivity contribution in [2.24, 2.45) is 11.1 Å². The van der Waals surface area contributed by atoms with Crippen molar-refractivity contribution in [3.8, 4) is 0 Å². The molecule has 0 radical (unpaired) electrons. The number of hydrogen-bond donors (Lipinski definition) is 1. The molecule has 0 spiro atoms. The van der Waals surface area contributed by atoms with Gasteiger partial charge in [0.2, 0.25) is 5.91 Å². The van der Waals surface area contributed by atoms with Crippen molar-refractivity contribution in [3.63, 3.8) is 0 Å². The minimum atomic E-state index is -0.509. The van der Waals surface area contributed by atoms with E-state index in [1.54, 1.807) is 0 Å². The lowest BCUT2D eigenvalue weighted by molar-refractivity contribution is -0.140. The normalized spacial score (nSPS) is 24.4. The summed E-state index contributed by atoms with van der Waals surface area (Å²) in [5.41, 5.74) is 5.38. The number of carbonyl (C=O) groups excluding carboxylic acids is 1. The number of piperidine rings is 1. The predicted molar refractivity (Wildman–Crippen MR) is 72.7 cm³/mol. The summed E-state index contributed by atoms with van der Waals surface area (Å²) in [6.07, 6.45) is 8.57. The highest BCUT2D eigenvalue weighted by Crippen LogP contribution is 2.38. The Morgan fingerprint density at radius 1 is 1.00 bits per heavy atom. The lowest BCUT2D eigenvalue weighted by Gasteiger charge is -2.40. The van der Waals surface area contributed by atoms with Gasteiger partial charge in [-0.05, 0) is 32.1 Å². The van der Waals surface area contributed by atoms with Gasteiger partial charge in [-0.2, -0.15) is 0 Å². The van der Waals surface area contributed by atoms with Gasteiger partial charge in [0.1, 0.15) is 0 Å². The van der Waals surface area contributed by atoms with Gasteiger partial charge in [0.05, 0.1) is 10.4 Å². The zero-order valence-electron chi connectivity index (χ0n) is 10.4. The Hall–Kier alpha value is -0.640. The molecule has 96 valence electrons. The van der Waals surface area contributed by atoms with E-state index in [0.717, 1.165) is 51.6 Å². The molecule has 0 bridgehead atoms. The Bertz CT molecular complexity index is 305. The zero-order chi connectivity index (χ0) is 12.3. The second-order valence-electron chi connectivity index (χ2n) is 5.36. The molecule has 2 N–H and O–H groups in total. The minimum absolute atomic E-state index is 0.212. The lowest BCUT2D eigenvalue weighted by atomic mass is 9.72. The SMILES string of the molecule is NC(=S)C1(C(=O)N2CCCCC2)CCCCC1. The Labute approximate surface area is 109 Å². The van der Waals surface area contributed by atoms with E-state index in [-0.39, 0.29) is 5.91 Å². The fourth-order valence-corrected chi connectivity index (χ4v) is 3.41. The van der Waals surface area contributed by atoms with E-state index in [9.17, 15) is 4.79 Å². The van der Waals surface area contributed by atoms with E-state index in [0.29, 0.717) is 4.99 Å². The van der Waals surface area contributed by atoms with Gasteiger partial charge in [0, 0.05) is 13.1 Å². The molecule has 1 aliphatic carbocycles. The summed E-state index contributed by atoms with van der Waals surface area (Å²) in [6.45, 7) is 1.78. The van der Waals surface area contributed by atoms with Gasteiger partial charge >= 0.3 is 0 Å². The summed E-state index contributed by atoms with van der Waals surface area (Å²) >= 11 is 5.20. The van der Waals surface area contributed by atoms with Crippen LogP contribution in [0.25, 0.3) is 0 Å². The third-order valence-electron chi connectivity index (χ3n) is 4.23. The summed E-state index contributed by atoms with van der Waals surface area (Å²) in [5, 5.41) is 0. The summed E-state index contributed by atoms with van der Waals surface area (Å²) in [7, 11) is 0. The number of thiocarbonyl (C=S) groups is 1. The molecule has 2 fully saturated rings. The van der Waals surface area contributed by atoms with Crippen molar-refractivity contribution in [1.82, 2.24) is 4.90 Å². The summed E-state index contributed by atoms with van der Waals surface area (Å²) in [4.78, 5) is 15.1. The Kier molecular flexibility index (Phi) is 4.02. The van der Waals surface area contributed by atoms with Crippen molar-refractivity contribution >= 4 is 23.1 Å². The van der Waals surface area contributed by atoms with Crippen molar-refractivity contribution < 1.29 is 4.79 Å². The van der Waals surface area contributed by atoms with E-state index >= 15 is 0 Å². The topological polar surface area (TPSA) is 46.3 Å². The van der Waals surface area contributed by atoms with Crippen LogP contribution >= 0.6 is 12.2 Å². The van der Waals surface area contributed by atoms with Crippen LogP contribution in [0.5, 0.6) is 0 Å². The fraction of sp³-hybridized carbons (Fsp3) is 0.846. The first-order valence-corrected chi connectivity index (χ1v) is 7.17. The van der Waals surface area contributed by atoms with Gasteiger partial charge < -0.3 is 10.6 Å². The number of likely N-dealkylation sites (tertiary alicyclic amines) is 1. The lowest BCUT2D eigenvalue weighted by Crippen LogP contribution is -2.52.